The predicted octanol–water partition coefficient (Wildman–Crippen LogP) is 5.43. The van der Waals surface area contributed by atoms with Gasteiger partial charge in [-0.05, 0) is 18.2 Å². The van der Waals surface area contributed by atoms with Crippen LogP contribution in [0.2, 0.25) is 15.1 Å². The molecule has 0 atom stereocenters. The van der Waals surface area contributed by atoms with Crippen LogP contribution in [0.5, 0.6) is 0 Å². The van der Waals surface area contributed by atoms with E-state index in [2.05, 4.69) is 4.98 Å². The van der Waals surface area contributed by atoms with Crippen molar-refractivity contribution in [2.24, 2.45) is 0 Å². The number of pyridine rings is 1. The molecule has 1 aromatic heterocycles. The summed E-state index contributed by atoms with van der Waals surface area (Å²) in [5.41, 5.74) is -2.03. The zero-order valence-corrected chi connectivity index (χ0v) is 12.6. The first-order valence-electron chi connectivity index (χ1n) is 5.56. The Bertz CT molecular complexity index is 740. The van der Waals surface area contributed by atoms with Gasteiger partial charge in [-0.25, -0.2) is 4.79 Å². The molecule has 0 radical (unpaired) electrons. The summed E-state index contributed by atoms with van der Waals surface area (Å²) < 4.78 is 38.3. The van der Waals surface area contributed by atoms with E-state index in [0.717, 1.165) is 6.07 Å². The number of carboxylic acids is 1. The van der Waals surface area contributed by atoms with Gasteiger partial charge in [0.25, 0.3) is 0 Å². The molecule has 0 saturated carbocycles. The molecule has 0 aliphatic rings. The summed E-state index contributed by atoms with van der Waals surface area (Å²) in [6, 6.07) is 3.47. The van der Waals surface area contributed by atoms with Gasteiger partial charge in [-0.15, -0.1) is 0 Å². The van der Waals surface area contributed by atoms with Gasteiger partial charge in [0.2, 0.25) is 0 Å². The molecule has 0 unspecified atom stereocenters. The fraction of sp³-hybridized carbons (Fsp3) is 0.0769. The van der Waals surface area contributed by atoms with Gasteiger partial charge in [0, 0.05) is 11.8 Å². The minimum absolute atomic E-state index is 0.0223. The topological polar surface area (TPSA) is 50.2 Å². The molecule has 116 valence electrons. The molecule has 0 fully saturated rings. The van der Waals surface area contributed by atoms with E-state index in [9.17, 15) is 18.0 Å². The first-order valence-corrected chi connectivity index (χ1v) is 6.70. The van der Waals surface area contributed by atoms with Crippen LogP contribution in [0.1, 0.15) is 15.9 Å². The minimum Gasteiger partial charge on any atom is -0.478 e. The summed E-state index contributed by atoms with van der Waals surface area (Å²) in [6.07, 6.45) is -4.37. The average Bonchev–Trinajstić information content (AvgIpc) is 2.42. The van der Waals surface area contributed by atoms with Gasteiger partial charge in [-0.1, -0.05) is 34.8 Å². The van der Waals surface area contributed by atoms with Crippen LogP contribution in [-0.4, -0.2) is 16.1 Å². The van der Waals surface area contributed by atoms with E-state index in [1.54, 1.807) is 0 Å². The van der Waals surface area contributed by atoms with Crippen molar-refractivity contribution in [1.82, 2.24) is 4.98 Å². The number of benzene rings is 1. The number of alkyl halides is 3. The molecule has 0 saturated heterocycles. The Morgan fingerprint density at radius 1 is 1.09 bits per heavy atom. The van der Waals surface area contributed by atoms with Crippen LogP contribution in [-0.2, 0) is 6.18 Å². The molecular formula is C13H5Cl3F3NO2. The zero-order chi connectivity index (χ0) is 16.7. The second kappa shape index (κ2) is 5.95. The molecule has 2 rings (SSSR count). The lowest BCUT2D eigenvalue weighted by atomic mass is 10.0. The summed E-state index contributed by atoms with van der Waals surface area (Å²) in [5, 5.41) is 9.18. The number of hydrogen-bond acceptors (Lipinski definition) is 2. The number of carbonyl (C=O) groups is 1. The monoisotopic (exact) mass is 369 g/mol. The first-order chi connectivity index (χ1) is 10.1. The van der Waals surface area contributed by atoms with Crippen molar-refractivity contribution in [3.8, 4) is 11.3 Å². The molecule has 1 N–H and O–H groups in total. The lowest BCUT2D eigenvalue weighted by molar-refractivity contribution is -0.138. The largest absolute Gasteiger partial charge is 0.478 e. The summed E-state index contributed by atoms with van der Waals surface area (Å²) in [6.45, 7) is 0. The highest BCUT2D eigenvalue weighted by Crippen LogP contribution is 2.37. The van der Waals surface area contributed by atoms with E-state index in [4.69, 9.17) is 39.9 Å². The number of aromatic nitrogens is 1. The minimum atomic E-state index is -4.82. The smallest absolute Gasteiger partial charge is 0.418 e. The van der Waals surface area contributed by atoms with Gasteiger partial charge < -0.3 is 5.11 Å². The summed E-state index contributed by atoms with van der Waals surface area (Å²) in [4.78, 5) is 14.7. The zero-order valence-electron chi connectivity index (χ0n) is 10.4. The van der Waals surface area contributed by atoms with Crippen LogP contribution < -0.4 is 0 Å². The van der Waals surface area contributed by atoms with E-state index < -0.39 is 23.3 Å². The lowest BCUT2D eigenvalue weighted by Crippen LogP contribution is -2.13. The van der Waals surface area contributed by atoms with E-state index in [1.165, 1.54) is 12.1 Å². The molecule has 0 aliphatic heterocycles. The van der Waals surface area contributed by atoms with E-state index in [-0.39, 0.29) is 26.3 Å². The van der Waals surface area contributed by atoms with Crippen LogP contribution in [0, 0.1) is 0 Å². The molecule has 3 nitrogen and oxygen atoms in total. The van der Waals surface area contributed by atoms with Gasteiger partial charge >= 0.3 is 12.1 Å². The van der Waals surface area contributed by atoms with Crippen molar-refractivity contribution >= 4 is 40.8 Å². The van der Waals surface area contributed by atoms with Gasteiger partial charge in [-0.2, -0.15) is 13.2 Å². The standard InChI is InChI=1S/C13H5Cl3F3NO2/c14-8-1-5(2-9(15)11(8)16)10-3-6(12(21)22)7(4-20-10)13(17,18)19/h1-4H,(H,21,22). The molecule has 2 aromatic rings. The Labute approximate surface area is 137 Å². The number of nitrogens with zero attached hydrogens (tertiary/aromatic N) is 1. The Morgan fingerprint density at radius 3 is 2.09 bits per heavy atom. The molecule has 9 heteroatoms. The Balaban J connectivity index is 2.64. The van der Waals surface area contributed by atoms with Crippen molar-refractivity contribution in [2.45, 2.75) is 6.18 Å². The molecule has 0 bridgehead atoms. The summed E-state index contributed by atoms with van der Waals surface area (Å²) in [5.74, 6) is -1.72. The molecule has 0 spiro atoms. The lowest BCUT2D eigenvalue weighted by Gasteiger charge is -2.12. The van der Waals surface area contributed by atoms with Gasteiger partial charge in [0.05, 0.1) is 31.9 Å². The number of hydrogen-bond donors (Lipinski definition) is 1. The second-order valence-corrected chi connectivity index (χ2v) is 5.36. The molecular weight excluding hydrogens is 366 g/mol. The van der Waals surface area contributed by atoms with E-state index in [0.29, 0.717) is 6.20 Å². The highest BCUT2D eigenvalue weighted by Gasteiger charge is 2.36. The second-order valence-electron chi connectivity index (χ2n) is 4.17. The summed E-state index contributed by atoms with van der Waals surface area (Å²) >= 11 is 17.4. The van der Waals surface area contributed by atoms with Crippen LogP contribution in [0.3, 0.4) is 0 Å². The van der Waals surface area contributed by atoms with Crippen LogP contribution in [0.4, 0.5) is 13.2 Å². The van der Waals surface area contributed by atoms with Gasteiger partial charge in [0.15, 0.2) is 0 Å². The van der Waals surface area contributed by atoms with Crippen molar-refractivity contribution < 1.29 is 23.1 Å². The van der Waals surface area contributed by atoms with E-state index in [1.807, 2.05) is 0 Å². The fourth-order valence-electron chi connectivity index (χ4n) is 1.72. The quantitative estimate of drug-likeness (QED) is 0.718. The first kappa shape index (κ1) is 16.9. The highest BCUT2D eigenvalue weighted by atomic mass is 35.5. The van der Waals surface area contributed by atoms with Gasteiger partial charge in [0.1, 0.15) is 0 Å². The fourth-order valence-corrected chi connectivity index (χ4v) is 2.32. The Morgan fingerprint density at radius 2 is 1.64 bits per heavy atom. The van der Waals surface area contributed by atoms with Crippen LogP contribution in [0.25, 0.3) is 11.3 Å². The van der Waals surface area contributed by atoms with Gasteiger partial charge in [-0.3, -0.25) is 4.98 Å². The molecule has 0 aliphatic carbocycles. The third kappa shape index (κ3) is 3.29. The number of carboxylic acid groups (broad SMARTS) is 1. The predicted molar refractivity (Wildman–Crippen MR) is 76.7 cm³/mol. The maximum Gasteiger partial charge on any atom is 0.418 e. The molecule has 0 amide bonds. The van der Waals surface area contributed by atoms with Crippen molar-refractivity contribution in [2.75, 3.05) is 0 Å². The number of rotatable bonds is 2. The van der Waals surface area contributed by atoms with Crippen molar-refractivity contribution in [3.05, 3.63) is 50.6 Å². The third-order valence-corrected chi connectivity index (χ3v) is 3.92. The maximum absolute atomic E-state index is 12.8. The number of aromatic carboxylic acids is 1. The normalized spacial score (nSPS) is 11.5. The Kier molecular flexibility index (Phi) is 4.56. The maximum atomic E-state index is 12.8. The van der Waals surface area contributed by atoms with Crippen molar-refractivity contribution in [3.63, 3.8) is 0 Å². The van der Waals surface area contributed by atoms with Crippen LogP contribution in [0.15, 0.2) is 24.4 Å². The SMILES string of the molecule is O=C(O)c1cc(-c2cc(Cl)c(Cl)c(Cl)c2)ncc1C(F)(F)F. The Hall–Kier alpha value is -1.50. The summed E-state index contributed by atoms with van der Waals surface area (Å²) in [7, 11) is 0. The molecule has 1 heterocycles. The van der Waals surface area contributed by atoms with Crippen LogP contribution >= 0.6 is 34.8 Å². The molecule has 22 heavy (non-hydrogen) atoms. The highest BCUT2D eigenvalue weighted by molar-refractivity contribution is 6.48. The van der Waals surface area contributed by atoms with E-state index >= 15 is 0 Å². The third-order valence-electron chi connectivity index (χ3n) is 2.72. The number of halogens is 6. The van der Waals surface area contributed by atoms with Crippen molar-refractivity contribution in [1.29, 1.82) is 0 Å². The average molecular weight is 371 g/mol. The molecule has 1 aromatic carbocycles.